The molecule has 0 saturated heterocycles. The number of thioether (sulfide) groups is 1. The third-order valence-electron chi connectivity index (χ3n) is 2.18. The Bertz CT molecular complexity index is 378. The lowest BCUT2D eigenvalue weighted by Crippen LogP contribution is -2.10. The molecule has 1 N–H and O–H groups in total. The largest absolute Gasteiger partial charge is 0.364 e. The van der Waals surface area contributed by atoms with Crippen LogP contribution in [0.5, 0.6) is 0 Å². The first-order valence-electron chi connectivity index (χ1n) is 5.06. The monoisotopic (exact) mass is 244 g/mol. The molecule has 0 aliphatic carbocycles. The van der Waals surface area contributed by atoms with Crippen LogP contribution in [-0.2, 0) is 6.54 Å². The topological polar surface area (TPSA) is 73.0 Å². The number of aromatic nitrogens is 2. The minimum atomic E-state index is -0.379. The summed E-state index contributed by atoms with van der Waals surface area (Å²) in [4.78, 5) is 10.5. The van der Waals surface area contributed by atoms with Crippen LogP contribution in [0.1, 0.15) is 12.6 Å². The zero-order valence-corrected chi connectivity index (χ0v) is 10.5. The number of aryl methyl sites for hydroxylation is 2. The van der Waals surface area contributed by atoms with E-state index in [1.807, 2.05) is 13.2 Å². The SMILES string of the molecule is CCn1nc(C)c([N+](=O)[O-])c1NCCSC. The van der Waals surface area contributed by atoms with E-state index in [0.29, 0.717) is 24.6 Å². The van der Waals surface area contributed by atoms with Gasteiger partial charge in [0, 0.05) is 18.8 Å². The van der Waals surface area contributed by atoms with Crippen molar-refractivity contribution < 1.29 is 4.92 Å². The van der Waals surface area contributed by atoms with Crippen LogP contribution < -0.4 is 5.32 Å². The third-order valence-corrected chi connectivity index (χ3v) is 2.79. The quantitative estimate of drug-likeness (QED) is 0.470. The van der Waals surface area contributed by atoms with E-state index in [2.05, 4.69) is 10.4 Å². The molecule has 1 aromatic rings. The van der Waals surface area contributed by atoms with Gasteiger partial charge in [-0.25, -0.2) is 4.68 Å². The van der Waals surface area contributed by atoms with Crippen LogP contribution in [0.4, 0.5) is 11.5 Å². The first kappa shape index (κ1) is 12.8. The minimum absolute atomic E-state index is 0.0861. The van der Waals surface area contributed by atoms with Crippen LogP contribution in [0.25, 0.3) is 0 Å². The third kappa shape index (κ3) is 2.66. The zero-order valence-electron chi connectivity index (χ0n) is 9.69. The summed E-state index contributed by atoms with van der Waals surface area (Å²) in [6.45, 7) is 4.89. The summed E-state index contributed by atoms with van der Waals surface area (Å²) in [6, 6.07) is 0. The smallest absolute Gasteiger partial charge is 0.333 e. The molecule has 0 atom stereocenters. The molecule has 1 rings (SSSR count). The number of nitrogens with zero attached hydrogens (tertiary/aromatic N) is 3. The number of nitrogens with one attached hydrogen (secondary N) is 1. The standard InChI is InChI=1S/C9H16N4O2S/c1-4-12-9(10-5-6-16-3)8(13(14)15)7(2)11-12/h10H,4-6H2,1-3H3. The van der Waals surface area contributed by atoms with Gasteiger partial charge in [0.1, 0.15) is 5.69 Å². The summed E-state index contributed by atoms with van der Waals surface area (Å²) in [5, 5.41) is 18.1. The van der Waals surface area contributed by atoms with Gasteiger partial charge in [-0.15, -0.1) is 0 Å². The Hall–Kier alpha value is -1.24. The molecule has 0 aromatic carbocycles. The Morgan fingerprint density at radius 3 is 2.81 bits per heavy atom. The predicted molar refractivity (Wildman–Crippen MR) is 66.2 cm³/mol. The molecule has 90 valence electrons. The second-order valence-corrected chi connectivity index (χ2v) is 4.26. The van der Waals surface area contributed by atoms with E-state index in [0.717, 1.165) is 5.75 Å². The first-order chi connectivity index (χ1) is 7.61. The average molecular weight is 244 g/mol. The number of hydrogen-bond acceptors (Lipinski definition) is 5. The highest BCUT2D eigenvalue weighted by molar-refractivity contribution is 7.98. The van der Waals surface area contributed by atoms with Gasteiger partial charge >= 0.3 is 5.69 Å². The van der Waals surface area contributed by atoms with Crippen molar-refractivity contribution in [3.63, 3.8) is 0 Å². The van der Waals surface area contributed by atoms with Crippen molar-refractivity contribution in [1.29, 1.82) is 0 Å². The first-order valence-corrected chi connectivity index (χ1v) is 6.45. The molecule has 0 bridgehead atoms. The molecule has 6 nitrogen and oxygen atoms in total. The van der Waals surface area contributed by atoms with Crippen molar-refractivity contribution >= 4 is 23.3 Å². The van der Waals surface area contributed by atoms with Gasteiger partial charge in [0.2, 0.25) is 5.82 Å². The molecule has 0 fully saturated rings. The minimum Gasteiger partial charge on any atom is -0.364 e. The van der Waals surface area contributed by atoms with Crippen LogP contribution in [0.3, 0.4) is 0 Å². The van der Waals surface area contributed by atoms with E-state index >= 15 is 0 Å². The van der Waals surface area contributed by atoms with E-state index in [4.69, 9.17) is 0 Å². The summed E-state index contributed by atoms with van der Waals surface area (Å²) in [5.74, 6) is 1.42. The highest BCUT2D eigenvalue weighted by atomic mass is 32.2. The number of rotatable bonds is 6. The lowest BCUT2D eigenvalue weighted by Gasteiger charge is -2.06. The van der Waals surface area contributed by atoms with Gasteiger partial charge in [-0.3, -0.25) is 10.1 Å². The van der Waals surface area contributed by atoms with Crippen LogP contribution in [-0.4, -0.2) is 33.3 Å². The van der Waals surface area contributed by atoms with Crippen LogP contribution in [0, 0.1) is 17.0 Å². The molecule has 0 saturated carbocycles. The van der Waals surface area contributed by atoms with Crippen molar-refractivity contribution in [1.82, 2.24) is 9.78 Å². The zero-order chi connectivity index (χ0) is 12.1. The highest BCUT2D eigenvalue weighted by Crippen LogP contribution is 2.27. The number of hydrogen-bond donors (Lipinski definition) is 1. The van der Waals surface area contributed by atoms with Gasteiger partial charge in [0.25, 0.3) is 0 Å². The van der Waals surface area contributed by atoms with Crippen LogP contribution in [0.15, 0.2) is 0 Å². The van der Waals surface area contributed by atoms with Gasteiger partial charge in [-0.1, -0.05) is 0 Å². The van der Waals surface area contributed by atoms with Crippen molar-refractivity contribution in [3.8, 4) is 0 Å². The summed E-state index contributed by atoms with van der Waals surface area (Å²) < 4.78 is 1.63. The summed E-state index contributed by atoms with van der Waals surface area (Å²) in [7, 11) is 0. The summed E-state index contributed by atoms with van der Waals surface area (Å²) in [5.41, 5.74) is 0.543. The molecular formula is C9H16N4O2S. The maximum Gasteiger partial charge on any atom is 0.333 e. The lowest BCUT2D eigenvalue weighted by atomic mass is 10.4. The second kappa shape index (κ2) is 5.74. The molecule has 7 heteroatoms. The molecule has 1 heterocycles. The van der Waals surface area contributed by atoms with Gasteiger partial charge in [0.05, 0.1) is 4.92 Å². The molecule has 1 aromatic heterocycles. The maximum absolute atomic E-state index is 10.9. The Morgan fingerprint density at radius 2 is 2.31 bits per heavy atom. The van der Waals surface area contributed by atoms with Gasteiger partial charge in [0.15, 0.2) is 0 Å². The Morgan fingerprint density at radius 1 is 1.62 bits per heavy atom. The van der Waals surface area contributed by atoms with E-state index in [1.54, 1.807) is 23.4 Å². The Labute approximate surface area is 98.6 Å². The van der Waals surface area contributed by atoms with Crippen LogP contribution >= 0.6 is 11.8 Å². The number of nitro groups is 1. The van der Waals surface area contributed by atoms with Gasteiger partial charge in [-0.05, 0) is 20.1 Å². The molecule has 0 radical (unpaired) electrons. The van der Waals surface area contributed by atoms with Gasteiger partial charge in [-0.2, -0.15) is 16.9 Å². The highest BCUT2D eigenvalue weighted by Gasteiger charge is 2.24. The van der Waals surface area contributed by atoms with E-state index in [9.17, 15) is 10.1 Å². The number of anilines is 1. The van der Waals surface area contributed by atoms with Crippen molar-refractivity contribution in [2.75, 3.05) is 23.9 Å². The molecule has 0 aliphatic heterocycles. The average Bonchev–Trinajstić information content (AvgIpc) is 2.55. The summed E-state index contributed by atoms with van der Waals surface area (Å²) >= 11 is 1.69. The van der Waals surface area contributed by atoms with Crippen molar-refractivity contribution in [2.24, 2.45) is 0 Å². The van der Waals surface area contributed by atoms with E-state index < -0.39 is 0 Å². The molecule has 0 unspecified atom stereocenters. The normalized spacial score (nSPS) is 10.4. The van der Waals surface area contributed by atoms with Gasteiger partial charge < -0.3 is 5.32 Å². The van der Waals surface area contributed by atoms with Crippen molar-refractivity contribution in [2.45, 2.75) is 20.4 Å². The molecule has 16 heavy (non-hydrogen) atoms. The van der Waals surface area contributed by atoms with Crippen LogP contribution in [0.2, 0.25) is 0 Å². The maximum atomic E-state index is 10.9. The fraction of sp³-hybridized carbons (Fsp3) is 0.667. The molecular weight excluding hydrogens is 228 g/mol. The molecule has 0 spiro atoms. The Balaban J connectivity index is 2.97. The summed E-state index contributed by atoms with van der Waals surface area (Å²) in [6.07, 6.45) is 2.00. The molecule has 0 amide bonds. The van der Waals surface area contributed by atoms with E-state index in [-0.39, 0.29) is 10.6 Å². The fourth-order valence-electron chi connectivity index (χ4n) is 1.47. The van der Waals surface area contributed by atoms with E-state index in [1.165, 1.54) is 0 Å². The predicted octanol–water partition coefficient (Wildman–Crippen LogP) is 1.89. The lowest BCUT2D eigenvalue weighted by molar-refractivity contribution is -0.384. The fourth-order valence-corrected chi connectivity index (χ4v) is 1.77. The van der Waals surface area contributed by atoms with Crippen molar-refractivity contribution in [3.05, 3.63) is 15.8 Å². The Kier molecular flexibility index (Phi) is 4.60. The molecule has 0 aliphatic rings. The second-order valence-electron chi connectivity index (χ2n) is 3.28.